The van der Waals surface area contributed by atoms with Crippen LogP contribution in [0.2, 0.25) is 0 Å². The molecule has 1 aromatic heterocycles. The van der Waals surface area contributed by atoms with E-state index in [0.29, 0.717) is 6.54 Å². The second-order valence-corrected chi connectivity index (χ2v) is 5.30. The lowest BCUT2D eigenvalue weighted by Gasteiger charge is -2.31. The van der Waals surface area contributed by atoms with Gasteiger partial charge in [0.1, 0.15) is 0 Å². The van der Waals surface area contributed by atoms with E-state index < -0.39 is 0 Å². The Labute approximate surface area is 105 Å². The molecule has 0 bridgehead atoms. The Morgan fingerprint density at radius 2 is 2.29 bits per heavy atom. The van der Waals surface area contributed by atoms with Gasteiger partial charge < -0.3 is 15.1 Å². The van der Waals surface area contributed by atoms with E-state index in [4.69, 9.17) is 0 Å². The van der Waals surface area contributed by atoms with E-state index >= 15 is 0 Å². The van der Waals surface area contributed by atoms with Gasteiger partial charge in [0, 0.05) is 38.6 Å². The molecule has 0 aliphatic carbocycles. The maximum atomic E-state index is 12.1. The first kappa shape index (κ1) is 12.3. The molecule has 0 radical (unpaired) electrons. The number of aromatic nitrogens is 1. The summed E-state index contributed by atoms with van der Waals surface area (Å²) in [6.45, 7) is 5.92. The summed E-state index contributed by atoms with van der Waals surface area (Å²) in [4.78, 5) is 20.1. The van der Waals surface area contributed by atoms with Crippen molar-refractivity contribution in [2.45, 2.75) is 13.5 Å². The first-order chi connectivity index (χ1) is 8.16. The van der Waals surface area contributed by atoms with E-state index in [1.54, 1.807) is 16.2 Å². The van der Waals surface area contributed by atoms with Crippen molar-refractivity contribution in [3.05, 3.63) is 16.1 Å². The predicted octanol–water partition coefficient (Wildman–Crippen LogP) is 0.909. The van der Waals surface area contributed by atoms with E-state index in [0.717, 1.165) is 36.9 Å². The zero-order valence-corrected chi connectivity index (χ0v) is 11.1. The van der Waals surface area contributed by atoms with Gasteiger partial charge in [0.05, 0.1) is 17.2 Å². The van der Waals surface area contributed by atoms with E-state index in [9.17, 15) is 4.79 Å². The second kappa shape index (κ2) is 5.46. The van der Waals surface area contributed by atoms with Crippen LogP contribution < -0.4 is 5.32 Å². The van der Waals surface area contributed by atoms with Crippen LogP contribution in [0.25, 0.3) is 0 Å². The highest BCUT2D eigenvalue weighted by Crippen LogP contribution is 2.11. The predicted molar refractivity (Wildman–Crippen MR) is 68.2 cm³/mol. The fourth-order valence-corrected chi connectivity index (χ4v) is 2.49. The standard InChI is InChI=1S/C11H18N4OS/c1-9-13-10(8-17-9)7-14(2)11(16)15-5-3-12-4-6-15/h8,12H,3-7H2,1-2H3. The van der Waals surface area contributed by atoms with Crippen molar-refractivity contribution in [2.75, 3.05) is 33.2 Å². The molecule has 0 saturated carbocycles. The number of carbonyl (C=O) groups is 1. The van der Waals surface area contributed by atoms with Crippen LogP contribution >= 0.6 is 11.3 Å². The number of rotatable bonds is 2. The lowest BCUT2D eigenvalue weighted by Crippen LogP contribution is -2.50. The smallest absolute Gasteiger partial charge is 0.320 e. The van der Waals surface area contributed by atoms with E-state index in [2.05, 4.69) is 10.3 Å². The van der Waals surface area contributed by atoms with Gasteiger partial charge in [-0.2, -0.15) is 0 Å². The molecule has 94 valence electrons. The van der Waals surface area contributed by atoms with Crippen LogP contribution in [-0.2, 0) is 6.54 Å². The van der Waals surface area contributed by atoms with Crippen LogP contribution in [0.15, 0.2) is 5.38 Å². The number of amides is 2. The maximum absolute atomic E-state index is 12.1. The Morgan fingerprint density at radius 3 is 2.88 bits per heavy atom. The van der Waals surface area contributed by atoms with E-state index in [-0.39, 0.29) is 6.03 Å². The molecule has 6 heteroatoms. The Bertz CT molecular complexity index is 387. The summed E-state index contributed by atoms with van der Waals surface area (Å²) in [6.07, 6.45) is 0. The SMILES string of the molecule is Cc1nc(CN(C)C(=O)N2CCNCC2)cs1. The summed E-state index contributed by atoms with van der Waals surface area (Å²) in [5.41, 5.74) is 0.971. The van der Waals surface area contributed by atoms with Crippen LogP contribution in [0.5, 0.6) is 0 Å². The summed E-state index contributed by atoms with van der Waals surface area (Å²) in [5.74, 6) is 0. The molecule has 1 aromatic rings. The van der Waals surface area contributed by atoms with E-state index in [1.165, 1.54) is 0 Å². The van der Waals surface area contributed by atoms with Crippen molar-refractivity contribution >= 4 is 17.4 Å². The minimum atomic E-state index is 0.0946. The van der Waals surface area contributed by atoms with Gasteiger partial charge in [0.25, 0.3) is 0 Å². The highest BCUT2D eigenvalue weighted by Gasteiger charge is 2.20. The van der Waals surface area contributed by atoms with Crippen molar-refractivity contribution in [3.63, 3.8) is 0 Å². The molecule has 17 heavy (non-hydrogen) atoms. The minimum Gasteiger partial charge on any atom is -0.322 e. The second-order valence-electron chi connectivity index (χ2n) is 4.23. The molecule has 0 unspecified atom stereocenters. The lowest BCUT2D eigenvalue weighted by molar-refractivity contribution is 0.154. The largest absolute Gasteiger partial charge is 0.322 e. The van der Waals surface area contributed by atoms with Crippen LogP contribution in [0.1, 0.15) is 10.7 Å². The van der Waals surface area contributed by atoms with Gasteiger partial charge in [-0.15, -0.1) is 11.3 Å². The fraction of sp³-hybridized carbons (Fsp3) is 0.636. The third-order valence-corrected chi connectivity index (χ3v) is 3.60. The molecule has 1 fully saturated rings. The molecule has 0 atom stereocenters. The number of thiazole rings is 1. The number of hydrogen-bond acceptors (Lipinski definition) is 4. The highest BCUT2D eigenvalue weighted by molar-refractivity contribution is 7.09. The molecule has 1 N–H and O–H groups in total. The third kappa shape index (κ3) is 3.17. The topological polar surface area (TPSA) is 48.5 Å². The average Bonchev–Trinajstić information content (AvgIpc) is 2.75. The summed E-state index contributed by atoms with van der Waals surface area (Å²) < 4.78 is 0. The van der Waals surface area contributed by atoms with E-state index in [1.807, 2.05) is 24.3 Å². The number of piperazine rings is 1. The zero-order valence-electron chi connectivity index (χ0n) is 10.3. The zero-order chi connectivity index (χ0) is 12.3. The Morgan fingerprint density at radius 1 is 1.59 bits per heavy atom. The molecule has 1 aliphatic heterocycles. The first-order valence-corrected chi connectivity index (χ1v) is 6.66. The number of nitrogens with one attached hydrogen (secondary N) is 1. The molecule has 2 heterocycles. The van der Waals surface area contributed by atoms with Gasteiger partial charge in [0.15, 0.2) is 0 Å². The fourth-order valence-electron chi connectivity index (χ4n) is 1.89. The summed E-state index contributed by atoms with van der Waals surface area (Å²) >= 11 is 1.62. The quantitative estimate of drug-likeness (QED) is 0.853. The molecular formula is C11H18N4OS. The van der Waals surface area contributed by atoms with Crippen molar-refractivity contribution in [1.29, 1.82) is 0 Å². The Balaban J connectivity index is 1.90. The van der Waals surface area contributed by atoms with Crippen molar-refractivity contribution in [2.24, 2.45) is 0 Å². The minimum absolute atomic E-state index is 0.0946. The highest BCUT2D eigenvalue weighted by atomic mass is 32.1. The summed E-state index contributed by atoms with van der Waals surface area (Å²) in [5, 5.41) is 6.29. The normalized spacial score (nSPS) is 16.0. The molecule has 2 amide bonds. The molecule has 2 rings (SSSR count). The molecule has 5 nitrogen and oxygen atoms in total. The summed E-state index contributed by atoms with van der Waals surface area (Å²) in [7, 11) is 1.83. The number of carbonyl (C=O) groups excluding carboxylic acids is 1. The first-order valence-electron chi connectivity index (χ1n) is 5.78. The van der Waals surface area contributed by atoms with Crippen molar-refractivity contribution in [1.82, 2.24) is 20.1 Å². The van der Waals surface area contributed by atoms with Gasteiger partial charge in [-0.1, -0.05) is 0 Å². The number of urea groups is 1. The van der Waals surface area contributed by atoms with Gasteiger partial charge in [0.2, 0.25) is 0 Å². The number of aryl methyl sites for hydroxylation is 1. The average molecular weight is 254 g/mol. The van der Waals surface area contributed by atoms with Crippen molar-refractivity contribution in [3.8, 4) is 0 Å². The maximum Gasteiger partial charge on any atom is 0.320 e. The Hall–Kier alpha value is -1.14. The van der Waals surface area contributed by atoms with Gasteiger partial charge in [-0.05, 0) is 6.92 Å². The number of nitrogens with zero attached hydrogens (tertiary/aromatic N) is 3. The van der Waals surface area contributed by atoms with Crippen LogP contribution in [-0.4, -0.2) is 54.0 Å². The van der Waals surface area contributed by atoms with Crippen molar-refractivity contribution < 1.29 is 4.79 Å². The van der Waals surface area contributed by atoms with Gasteiger partial charge in [-0.25, -0.2) is 9.78 Å². The molecule has 0 spiro atoms. The van der Waals surface area contributed by atoms with Crippen LogP contribution in [0, 0.1) is 6.92 Å². The number of hydrogen-bond donors (Lipinski definition) is 1. The molecule has 0 aromatic carbocycles. The van der Waals surface area contributed by atoms with Crippen LogP contribution in [0.3, 0.4) is 0 Å². The molecule has 1 saturated heterocycles. The Kier molecular flexibility index (Phi) is 3.96. The monoisotopic (exact) mass is 254 g/mol. The van der Waals surface area contributed by atoms with Gasteiger partial charge >= 0.3 is 6.03 Å². The van der Waals surface area contributed by atoms with Crippen LogP contribution in [0.4, 0.5) is 4.79 Å². The molecule has 1 aliphatic rings. The third-order valence-electron chi connectivity index (χ3n) is 2.78. The van der Waals surface area contributed by atoms with Gasteiger partial charge in [-0.3, -0.25) is 0 Å². The lowest BCUT2D eigenvalue weighted by atomic mass is 10.4. The summed E-state index contributed by atoms with van der Waals surface area (Å²) in [6, 6.07) is 0.0946. The molecular weight excluding hydrogens is 236 g/mol.